The van der Waals surface area contributed by atoms with Gasteiger partial charge in [-0.25, -0.2) is 0 Å². The van der Waals surface area contributed by atoms with E-state index in [0.29, 0.717) is 0 Å². The Morgan fingerprint density at radius 1 is 1.23 bits per heavy atom. The van der Waals surface area contributed by atoms with Gasteiger partial charge in [0, 0.05) is 5.54 Å². The van der Waals surface area contributed by atoms with Crippen molar-refractivity contribution < 1.29 is 0 Å². The third kappa shape index (κ3) is 3.19. The van der Waals surface area contributed by atoms with Crippen LogP contribution in [0.1, 0.15) is 31.4 Å². The van der Waals surface area contributed by atoms with Crippen LogP contribution in [0, 0.1) is 6.92 Å². The van der Waals surface area contributed by atoms with E-state index in [-0.39, 0.29) is 5.54 Å². The van der Waals surface area contributed by atoms with Gasteiger partial charge in [0.25, 0.3) is 0 Å². The van der Waals surface area contributed by atoms with Crippen LogP contribution < -0.4 is 5.73 Å². The Kier molecular flexibility index (Phi) is 3.10. The van der Waals surface area contributed by atoms with Crippen molar-refractivity contribution in [3.8, 4) is 0 Å². The molecular weight excluding hydrogens is 158 g/mol. The lowest BCUT2D eigenvalue weighted by Crippen LogP contribution is -2.37. The third-order valence-electron chi connectivity index (χ3n) is 2.54. The van der Waals surface area contributed by atoms with Gasteiger partial charge in [-0.2, -0.15) is 0 Å². The van der Waals surface area contributed by atoms with Crippen LogP contribution in [0.15, 0.2) is 24.3 Å². The van der Waals surface area contributed by atoms with Gasteiger partial charge in [0.1, 0.15) is 0 Å². The summed E-state index contributed by atoms with van der Waals surface area (Å²) < 4.78 is 0. The molecular formula is C12H19N. The standard InChI is InChI=1S/C12H19N/c1-4-12(3,13)9-11-7-5-10(2)6-8-11/h5-8H,4,9,13H2,1-3H3. The summed E-state index contributed by atoms with van der Waals surface area (Å²) in [6.45, 7) is 6.34. The molecule has 72 valence electrons. The zero-order chi connectivity index (χ0) is 9.90. The first kappa shape index (κ1) is 10.3. The molecule has 0 heterocycles. The zero-order valence-corrected chi connectivity index (χ0v) is 8.80. The number of nitrogens with two attached hydrogens (primary N) is 1. The molecule has 0 amide bonds. The van der Waals surface area contributed by atoms with E-state index in [1.165, 1.54) is 11.1 Å². The highest BCUT2D eigenvalue weighted by Crippen LogP contribution is 2.14. The minimum absolute atomic E-state index is 0.0603. The molecule has 0 aliphatic heterocycles. The second kappa shape index (κ2) is 3.93. The van der Waals surface area contributed by atoms with E-state index in [9.17, 15) is 0 Å². The van der Waals surface area contributed by atoms with Gasteiger partial charge in [0.05, 0.1) is 0 Å². The minimum atomic E-state index is -0.0603. The molecule has 0 fully saturated rings. The zero-order valence-electron chi connectivity index (χ0n) is 8.80. The normalized spacial score (nSPS) is 15.4. The van der Waals surface area contributed by atoms with Crippen molar-refractivity contribution in [1.29, 1.82) is 0 Å². The molecule has 1 atom stereocenters. The van der Waals surface area contributed by atoms with Crippen LogP contribution in [-0.4, -0.2) is 5.54 Å². The van der Waals surface area contributed by atoms with Crippen LogP contribution in [0.3, 0.4) is 0 Å². The number of rotatable bonds is 3. The van der Waals surface area contributed by atoms with Crippen LogP contribution in [0.25, 0.3) is 0 Å². The molecule has 0 saturated heterocycles. The Morgan fingerprint density at radius 3 is 2.23 bits per heavy atom. The van der Waals surface area contributed by atoms with Gasteiger partial charge in [-0.15, -0.1) is 0 Å². The highest BCUT2D eigenvalue weighted by Gasteiger charge is 2.15. The molecule has 0 aliphatic rings. The maximum absolute atomic E-state index is 6.09. The van der Waals surface area contributed by atoms with Crippen molar-refractivity contribution in [2.45, 2.75) is 39.2 Å². The number of hydrogen-bond acceptors (Lipinski definition) is 1. The van der Waals surface area contributed by atoms with E-state index < -0.39 is 0 Å². The van der Waals surface area contributed by atoms with Gasteiger partial charge in [-0.1, -0.05) is 36.8 Å². The van der Waals surface area contributed by atoms with E-state index in [1.54, 1.807) is 0 Å². The topological polar surface area (TPSA) is 26.0 Å². The van der Waals surface area contributed by atoms with Gasteiger partial charge in [-0.3, -0.25) is 0 Å². The number of hydrogen-bond donors (Lipinski definition) is 1. The van der Waals surface area contributed by atoms with Crippen molar-refractivity contribution in [3.05, 3.63) is 35.4 Å². The molecule has 0 aliphatic carbocycles. The molecule has 1 rings (SSSR count). The Bertz CT molecular complexity index is 259. The van der Waals surface area contributed by atoms with E-state index in [4.69, 9.17) is 5.73 Å². The van der Waals surface area contributed by atoms with E-state index >= 15 is 0 Å². The number of aryl methyl sites for hydroxylation is 1. The largest absolute Gasteiger partial charge is 0.325 e. The molecule has 1 unspecified atom stereocenters. The molecule has 0 radical (unpaired) electrons. The third-order valence-corrected chi connectivity index (χ3v) is 2.54. The first-order valence-electron chi connectivity index (χ1n) is 4.88. The summed E-state index contributed by atoms with van der Waals surface area (Å²) in [5.74, 6) is 0. The Morgan fingerprint density at radius 2 is 1.77 bits per heavy atom. The molecule has 0 bridgehead atoms. The van der Waals surface area contributed by atoms with Crippen LogP contribution in [0.4, 0.5) is 0 Å². The Hall–Kier alpha value is -0.820. The summed E-state index contributed by atoms with van der Waals surface area (Å²) in [7, 11) is 0. The molecule has 1 nitrogen and oxygen atoms in total. The smallest absolute Gasteiger partial charge is 0.0163 e. The van der Waals surface area contributed by atoms with Gasteiger partial charge >= 0.3 is 0 Å². The second-order valence-electron chi connectivity index (χ2n) is 4.17. The van der Waals surface area contributed by atoms with Crippen molar-refractivity contribution in [2.24, 2.45) is 5.73 Å². The summed E-state index contributed by atoms with van der Waals surface area (Å²) in [5, 5.41) is 0. The lowest BCUT2D eigenvalue weighted by molar-refractivity contribution is 0.450. The predicted molar refractivity (Wildman–Crippen MR) is 57.8 cm³/mol. The predicted octanol–water partition coefficient (Wildman–Crippen LogP) is 2.66. The second-order valence-corrected chi connectivity index (χ2v) is 4.17. The highest BCUT2D eigenvalue weighted by atomic mass is 14.7. The number of benzene rings is 1. The van der Waals surface area contributed by atoms with Crippen LogP contribution in [0.5, 0.6) is 0 Å². The van der Waals surface area contributed by atoms with Crippen molar-refractivity contribution in [3.63, 3.8) is 0 Å². The first-order valence-corrected chi connectivity index (χ1v) is 4.88. The van der Waals surface area contributed by atoms with Crippen molar-refractivity contribution >= 4 is 0 Å². The van der Waals surface area contributed by atoms with Crippen LogP contribution in [-0.2, 0) is 6.42 Å². The molecule has 13 heavy (non-hydrogen) atoms. The van der Waals surface area contributed by atoms with Gasteiger partial charge in [0.15, 0.2) is 0 Å². The lowest BCUT2D eigenvalue weighted by Gasteiger charge is -2.22. The maximum Gasteiger partial charge on any atom is 0.0163 e. The molecule has 1 aromatic carbocycles. The quantitative estimate of drug-likeness (QED) is 0.754. The van der Waals surface area contributed by atoms with Crippen molar-refractivity contribution in [1.82, 2.24) is 0 Å². The summed E-state index contributed by atoms with van der Waals surface area (Å²) in [4.78, 5) is 0. The molecule has 1 heteroatoms. The summed E-state index contributed by atoms with van der Waals surface area (Å²) in [6.07, 6.45) is 1.98. The summed E-state index contributed by atoms with van der Waals surface area (Å²) >= 11 is 0. The Labute approximate surface area is 81.0 Å². The van der Waals surface area contributed by atoms with E-state index in [1.807, 2.05) is 0 Å². The monoisotopic (exact) mass is 177 g/mol. The highest BCUT2D eigenvalue weighted by molar-refractivity contribution is 5.22. The molecule has 2 N–H and O–H groups in total. The minimum Gasteiger partial charge on any atom is -0.325 e. The molecule has 0 aromatic heterocycles. The van der Waals surface area contributed by atoms with E-state index in [2.05, 4.69) is 45.0 Å². The van der Waals surface area contributed by atoms with Gasteiger partial charge in [0.2, 0.25) is 0 Å². The molecule has 0 saturated carbocycles. The van der Waals surface area contributed by atoms with Crippen molar-refractivity contribution in [2.75, 3.05) is 0 Å². The van der Waals surface area contributed by atoms with Gasteiger partial charge < -0.3 is 5.73 Å². The van der Waals surface area contributed by atoms with E-state index in [0.717, 1.165) is 12.8 Å². The fourth-order valence-electron chi connectivity index (χ4n) is 1.30. The summed E-state index contributed by atoms with van der Waals surface area (Å²) in [5.41, 5.74) is 8.66. The fraction of sp³-hybridized carbons (Fsp3) is 0.500. The Balaban J connectivity index is 2.69. The lowest BCUT2D eigenvalue weighted by atomic mass is 9.91. The van der Waals surface area contributed by atoms with Crippen LogP contribution >= 0.6 is 0 Å². The SMILES string of the molecule is CCC(C)(N)Cc1ccc(C)cc1. The average molecular weight is 177 g/mol. The van der Waals surface area contributed by atoms with Crippen LogP contribution in [0.2, 0.25) is 0 Å². The first-order chi connectivity index (χ1) is 6.03. The average Bonchev–Trinajstić information content (AvgIpc) is 2.09. The molecule has 0 spiro atoms. The summed E-state index contributed by atoms with van der Waals surface area (Å²) in [6, 6.07) is 8.61. The maximum atomic E-state index is 6.09. The van der Waals surface area contributed by atoms with Gasteiger partial charge in [-0.05, 0) is 32.3 Å². The fourth-order valence-corrected chi connectivity index (χ4v) is 1.30. The molecule has 1 aromatic rings.